The number of amides is 1. The number of sulfonamides is 1. The summed E-state index contributed by atoms with van der Waals surface area (Å²) in [6, 6.07) is 13.9. The van der Waals surface area contributed by atoms with E-state index < -0.39 is 34.5 Å². The molecule has 0 radical (unpaired) electrons. The van der Waals surface area contributed by atoms with Crippen LogP contribution in [0.15, 0.2) is 71.8 Å². The van der Waals surface area contributed by atoms with Gasteiger partial charge in [0.25, 0.3) is 0 Å². The average Bonchev–Trinajstić information content (AvgIpc) is 2.84. The number of hydrogen-bond donors (Lipinski definition) is 2. The Kier molecular flexibility index (Phi) is 7.01. The van der Waals surface area contributed by atoms with Crippen molar-refractivity contribution in [3.05, 3.63) is 78.0 Å². The number of hydrogen-bond acceptors (Lipinski definition) is 8. The second-order valence-corrected chi connectivity index (χ2v) is 9.28. The Morgan fingerprint density at radius 3 is 2.39 bits per heavy atom. The molecule has 4 rings (SSSR count). The van der Waals surface area contributed by atoms with E-state index in [2.05, 4.69) is 9.72 Å². The summed E-state index contributed by atoms with van der Waals surface area (Å²) in [6.07, 6.45) is -5.99. The molecule has 10 nitrogen and oxygen atoms in total. The Bertz CT molecular complexity index is 1330. The number of fused-ring (bicyclic) bond motifs is 1. The van der Waals surface area contributed by atoms with E-state index in [0.29, 0.717) is 12.0 Å². The largest absolute Gasteiger partial charge is 0.573 e. The Morgan fingerprint density at radius 2 is 1.75 bits per heavy atom. The van der Waals surface area contributed by atoms with Gasteiger partial charge in [-0.25, -0.2) is 23.7 Å². The van der Waals surface area contributed by atoms with Crippen LogP contribution in [0.3, 0.4) is 0 Å². The summed E-state index contributed by atoms with van der Waals surface area (Å²) in [5.41, 5.74) is 2.56. The van der Waals surface area contributed by atoms with Crippen molar-refractivity contribution < 1.29 is 45.8 Å². The Balaban J connectivity index is 1.53. The molecule has 0 aliphatic carbocycles. The normalized spacial score (nSPS) is 16.1. The van der Waals surface area contributed by atoms with E-state index in [1.165, 1.54) is 29.7 Å². The molecule has 0 bridgehead atoms. The lowest BCUT2D eigenvalue weighted by Gasteiger charge is -2.35. The number of pyridine rings is 1. The number of carbonyl (C=O) groups is 1. The average molecular weight is 525 g/mol. The number of aromatic nitrogens is 1. The number of ether oxygens (including phenoxy) is 3. The van der Waals surface area contributed by atoms with E-state index in [0.717, 1.165) is 28.2 Å². The molecule has 1 atom stereocenters. The van der Waals surface area contributed by atoms with E-state index in [1.54, 1.807) is 24.3 Å². The summed E-state index contributed by atoms with van der Waals surface area (Å²) in [6.45, 7) is -0.00663. The Morgan fingerprint density at radius 1 is 1.06 bits per heavy atom. The number of carbonyl (C=O) groups excluding carboxylic acids is 1. The summed E-state index contributed by atoms with van der Waals surface area (Å²) >= 11 is 0. The van der Waals surface area contributed by atoms with Crippen LogP contribution in [0.2, 0.25) is 0 Å². The molecule has 36 heavy (non-hydrogen) atoms. The third-order valence-corrected chi connectivity index (χ3v) is 6.92. The predicted octanol–water partition coefficient (Wildman–Crippen LogP) is 4.13. The van der Waals surface area contributed by atoms with Crippen molar-refractivity contribution in [3.63, 3.8) is 0 Å². The smallest absolute Gasteiger partial charge is 0.439 e. The molecule has 2 aromatic carbocycles. The number of benzene rings is 2. The highest BCUT2D eigenvalue weighted by Crippen LogP contribution is 2.35. The van der Waals surface area contributed by atoms with Gasteiger partial charge in [0, 0.05) is 18.2 Å². The van der Waals surface area contributed by atoms with Crippen LogP contribution < -0.4 is 15.0 Å². The summed E-state index contributed by atoms with van der Waals surface area (Å²) in [7, 11) is -4.21. The highest BCUT2D eigenvalue weighted by atomic mass is 32.2. The fourth-order valence-electron chi connectivity index (χ4n) is 3.55. The van der Waals surface area contributed by atoms with Gasteiger partial charge in [-0.2, -0.15) is 4.31 Å². The van der Waals surface area contributed by atoms with E-state index in [4.69, 9.17) is 14.7 Å². The van der Waals surface area contributed by atoms with Crippen molar-refractivity contribution in [3.8, 4) is 17.4 Å². The molecule has 1 unspecified atom stereocenters. The summed E-state index contributed by atoms with van der Waals surface area (Å²) in [4.78, 5) is 15.5. The molecule has 0 fully saturated rings. The van der Waals surface area contributed by atoms with Crippen molar-refractivity contribution in [1.82, 2.24) is 14.8 Å². The van der Waals surface area contributed by atoms with Gasteiger partial charge < -0.3 is 14.2 Å². The van der Waals surface area contributed by atoms with Crippen molar-refractivity contribution in [2.24, 2.45) is 0 Å². The number of nitrogens with one attached hydrogen (secondary N) is 1. The maximum Gasteiger partial charge on any atom is 0.573 e. The van der Waals surface area contributed by atoms with Gasteiger partial charge >= 0.3 is 12.5 Å². The summed E-state index contributed by atoms with van der Waals surface area (Å²) in [5, 5.41) is 8.86. The van der Waals surface area contributed by atoms with Crippen molar-refractivity contribution in [1.29, 1.82) is 0 Å². The highest BCUT2D eigenvalue weighted by Gasteiger charge is 2.39. The Hall–Kier alpha value is -3.88. The zero-order valence-corrected chi connectivity index (χ0v) is 19.0. The van der Waals surface area contributed by atoms with Gasteiger partial charge in [-0.15, -0.1) is 13.2 Å². The highest BCUT2D eigenvalue weighted by molar-refractivity contribution is 7.89. The number of nitrogens with zero attached hydrogens (tertiary/aromatic N) is 2. The molecule has 1 aliphatic rings. The van der Waals surface area contributed by atoms with E-state index >= 15 is 0 Å². The number of hydroxylamine groups is 1. The van der Waals surface area contributed by atoms with E-state index in [9.17, 15) is 26.4 Å². The molecule has 2 heterocycles. The molecule has 190 valence electrons. The van der Waals surface area contributed by atoms with Crippen LogP contribution in [0.4, 0.5) is 18.0 Å². The molecule has 0 saturated heterocycles. The summed E-state index contributed by atoms with van der Waals surface area (Å²) < 4.78 is 78.9. The molecule has 1 aliphatic heterocycles. The molecule has 0 saturated carbocycles. The molecular formula is C22H18F3N3O7S. The number of alkyl halides is 3. The minimum absolute atomic E-state index is 0.00663. The molecular weight excluding hydrogens is 507 g/mol. The molecule has 1 amide bonds. The zero-order valence-electron chi connectivity index (χ0n) is 18.2. The van der Waals surface area contributed by atoms with E-state index in [-0.39, 0.29) is 23.1 Å². The van der Waals surface area contributed by atoms with Gasteiger partial charge in [-0.05, 0) is 42.3 Å². The van der Waals surface area contributed by atoms with Crippen molar-refractivity contribution >= 4 is 16.1 Å². The SMILES string of the molecule is O=C(NO)OC1c2ccccc2CCN1S(=O)(=O)c1ccc(Oc2ccc(OC(F)(F)F)cc2)nc1. The third-order valence-electron chi connectivity index (χ3n) is 5.09. The predicted molar refractivity (Wildman–Crippen MR) is 116 cm³/mol. The second kappa shape index (κ2) is 10.0. The van der Waals surface area contributed by atoms with Gasteiger partial charge in [-0.1, -0.05) is 24.3 Å². The number of rotatable bonds is 6. The first-order chi connectivity index (χ1) is 17.1. The zero-order chi connectivity index (χ0) is 25.9. The lowest BCUT2D eigenvalue weighted by molar-refractivity contribution is -0.274. The third kappa shape index (κ3) is 5.67. The monoisotopic (exact) mass is 525 g/mol. The number of halogens is 3. The topological polar surface area (TPSA) is 127 Å². The van der Waals surface area contributed by atoms with Gasteiger partial charge in [0.15, 0.2) is 6.23 Å². The maximum absolute atomic E-state index is 13.4. The van der Waals surface area contributed by atoms with Crippen molar-refractivity contribution in [2.45, 2.75) is 23.9 Å². The molecule has 1 aromatic heterocycles. The first-order valence-electron chi connectivity index (χ1n) is 10.3. The van der Waals surface area contributed by atoms with Crippen LogP contribution in [0, 0.1) is 0 Å². The fraction of sp³-hybridized carbons (Fsp3) is 0.182. The standard InChI is InChI=1S/C22H18F3N3O7S/c23-22(24,25)35-16-7-5-15(6-8-16)33-19-10-9-17(13-26-19)36(31,32)28-12-11-14-3-1-2-4-18(14)20(28)34-21(29)27-30/h1-10,13,20,30H,11-12H2,(H,27,29). The second-order valence-electron chi connectivity index (χ2n) is 7.39. The van der Waals surface area contributed by atoms with Crippen LogP contribution >= 0.6 is 0 Å². The maximum atomic E-state index is 13.4. The lowest BCUT2D eigenvalue weighted by atomic mass is 10.00. The minimum Gasteiger partial charge on any atom is -0.439 e. The Labute approximate surface area is 202 Å². The van der Waals surface area contributed by atoms with Gasteiger partial charge in [0.05, 0.1) is 6.20 Å². The molecule has 0 spiro atoms. The lowest BCUT2D eigenvalue weighted by Crippen LogP contribution is -2.43. The van der Waals surface area contributed by atoms with Crippen LogP contribution in [0.5, 0.6) is 17.4 Å². The van der Waals surface area contributed by atoms with E-state index in [1.807, 2.05) is 0 Å². The molecule has 14 heteroatoms. The van der Waals surface area contributed by atoms with Gasteiger partial charge in [0.2, 0.25) is 15.9 Å². The fourth-order valence-corrected chi connectivity index (χ4v) is 4.98. The van der Waals surface area contributed by atoms with Crippen LogP contribution in [-0.2, 0) is 21.2 Å². The van der Waals surface area contributed by atoms with Crippen LogP contribution in [-0.4, -0.2) is 41.9 Å². The van der Waals surface area contributed by atoms with Crippen molar-refractivity contribution in [2.75, 3.05) is 6.54 Å². The van der Waals surface area contributed by atoms with Gasteiger partial charge in [0.1, 0.15) is 16.4 Å². The van der Waals surface area contributed by atoms with Crippen LogP contribution in [0.1, 0.15) is 17.4 Å². The first kappa shape index (κ1) is 25.2. The van der Waals surface area contributed by atoms with Gasteiger partial charge in [-0.3, -0.25) is 5.21 Å². The summed E-state index contributed by atoms with van der Waals surface area (Å²) in [5.74, 6) is -0.308. The minimum atomic E-state index is -4.83. The quantitative estimate of drug-likeness (QED) is 0.363. The van der Waals surface area contributed by atoms with Crippen LogP contribution in [0.25, 0.3) is 0 Å². The molecule has 3 aromatic rings. The molecule has 2 N–H and O–H groups in total. The first-order valence-corrected chi connectivity index (χ1v) is 11.7.